The molecule has 0 aliphatic carbocycles. The van der Waals surface area contributed by atoms with Crippen LogP contribution >= 0.6 is 0 Å². The van der Waals surface area contributed by atoms with Crippen molar-refractivity contribution in [3.63, 3.8) is 0 Å². The molecule has 1 aromatic rings. The number of carbonyl (C=O) groups excluding carboxylic acids is 1. The number of halogens is 4. The second kappa shape index (κ2) is 6.53. The fraction of sp³-hybridized carbons (Fsp3) is 0.182. The van der Waals surface area contributed by atoms with Crippen molar-refractivity contribution in [3.8, 4) is 0 Å². The van der Waals surface area contributed by atoms with Gasteiger partial charge in [0.05, 0.1) is 0 Å². The van der Waals surface area contributed by atoms with Crippen molar-refractivity contribution >= 4 is 24.2 Å². The smallest absolute Gasteiger partial charge is 0.423 e. The molecular weight excluding hydrogens is 281 g/mol. The summed E-state index contributed by atoms with van der Waals surface area (Å²) in [5.74, 6) is -0.838. The summed E-state index contributed by atoms with van der Waals surface area (Å²) in [6.45, 7) is 3.12. The molecule has 1 amide bonds. The van der Waals surface area contributed by atoms with Crippen LogP contribution in [0, 0.1) is 0 Å². The molecule has 0 saturated heterocycles. The van der Waals surface area contributed by atoms with Gasteiger partial charge in [-0.2, -0.15) is 0 Å². The van der Waals surface area contributed by atoms with Gasteiger partial charge in [0, 0.05) is 16.8 Å². The maximum absolute atomic E-state index is 12.8. The van der Waals surface area contributed by atoms with Crippen LogP contribution in [0.2, 0.25) is 0 Å². The van der Waals surface area contributed by atoms with Crippen LogP contribution in [0.5, 0.6) is 0 Å². The minimum Gasteiger partial charge on any atom is -0.423 e. The van der Waals surface area contributed by atoms with E-state index < -0.39 is 48.2 Å². The third-order valence-corrected chi connectivity index (χ3v) is 2.45. The molecule has 0 radical (unpaired) electrons. The van der Waals surface area contributed by atoms with Crippen LogP contribution < -0.4 is 10.8 Å². The van der Waals surface area contributed by atoms with Crippen molar-refractivity contribution in [2.45, 2.75) is 12.9 Å². The molecule has 0 aliphatic heterocycles. The summed E-state index contributed by atoms with van der Waals surface area (Å²) in [6.07, 6.45) is -5.50. The van der Waals surface area contributed by atoms with Gasteiger partial charge in [0.25, 0.3) is 12.9 Å². The van der Waals surface area contributed by atoms with Gasteiger partial charge < -0.3 is 15.4 Å². The highest BCUT2D eigenvalue weighted by Gasteiger charge is 2.26. The van der Waals surface area contributed by atoms with E-state index in [1.54, 1.807) is 0 Å². The van der Waals surface area contributed by atoms with Gasteiger partial charge in [0.1, 0.15) is 0 Å². The molecule has 0 heterocycles. The quantitative estimate of drug-likeness (QED) is 0.436. The summed E-state index contributed by atoms with van der Waals surface area (Å²) < 4.78 is 51.1. The minimum absolute atomic E-state index is 0.433. The Labute approximate surface area is 111 Å². The van der Waals surface area contributed by atoms with Gasteiger partial charge in [-0.3, -0.25) is 4.79 Å². The van der Waals surface area contributed by atoms with Crippen LogP contribution in [0.15, 0.2) is 24.8 Å². The number of hydrogen-bond donors (Lipinski definition) is 3. The van der Waals surface area contributed by atoms with Crippen molar-refractivity contribution in [1.29, 1.82) is 0 Å². The lowest BCUT2D eigenvalue weighted by Crippen LogP contribution is -2.34. The minimum atomic E-state index is -3.17. The van der Waals surface area contributed by atoms with E-state index in [-0.39, 0.29) is 0 Å². The monoisotopic (exact) mass is 291 g/mol. The maximum atomic E-state index is 12.8. The lowest BCUT2D eigenvalue weighted by Gasteiger charge is -2.15. The number of rotatable bonds is 5. The Morgan fingerprint density at radius 2 is 1.75 bits per heavy atom. The lowest BCUT2D eigenvalue weighted by molar-refractivity contribution is -0.111. The number of nitrogens with one attached hydrogen (secondary N) is 1. The Morgan fingerprint density at radius 3 is 2.15 bits per heavy atom. The van der Waals surface area contributed by atoms with Gasteiger partial charge in [-0.1, -0.05) is 6.58 Å². The molecule has 4 nitrogen and oxygen atoms in total. The Hall–Kier alpha value is -1.87. The molecule has 0 fully saturated rings. The molecule has 0 saturated carbocycles. The molecule has 0 spiro atoms. The molecule has 1 rings (SSSR count). The van der Waals surface area contributed by atoms with Gasteiger partial charge in [0.15, 0.2) is 0 Å². The van der Waals surface area contributed by atoms with Crippen LogP contribution in [0.4, 0.5) is 23.2 Å². The highest BCUT2D eigenvalue weighted by Crippen LogP contribution is 2.30. The molecular formula is C11H10BF4NO3. The summed E-state index contributed by atoms with van der Waals surface area (Å²) in [5.41, 5.74) is -2.94. The Morgan fingerprint density at radius 1 is 1.20 bits per heavy atom. The average molecular weight is 291 g/mol. The number of anilines is 1. The van der Waals surface area contributed by atoms with Crippen molar-refractivity contribution < 1.29 is 32.4 Å². The van der Waals surface area contributed by atoms with Gasteiger partial charge >= 0.3 is 7.12 Å². The topological polar surface area (TPSA) is 69.6 Å². The maximum Gasteiger partial charge on any atom is 0.488 e. The number of amides is 1. The fourth-order valence-electron chi connectivity index (χ4n) is 1.54. The second-order valence-corrected chi connectivity index (χ2v) is 3.74. The first-order valence-electron chi connectivity index (χ1n) is 5.31. The molecule has 1 aromatic carbocycles. The number of carbonyl (C=O) groups is 1. The highest BCUT2D eigenvalue weighted by atomic mass is 19.3. The number of benzene rings is 1. The first kappa shape index (κ1) is 16.2. The van der Waals surface area contributed by atoms with E-state index in [0.29, 0.717) is 12.1 Å². The first-order chi connectivity index (χ1) is 9.27. The molecule has 20 heavy (non-hydrogen) atoms. The number of alkyl halides is 4. The predicted molar refractivity (Wildman–Crippen MR) is 65.0 cm³/mol. The summed E-state index contributed by atoms with van der Waals surface area (Å²) in [4.78, 5) is 11.1. The highest BCUT2D eigenvalue weighted by molar-refractivity contribution is 6.59. The van der Waals surface area contributed by atoms with E-state index in [1.807, 2.05) is 5.32 Å². The van der Waals surface area contributed by atoms with Crippen LogP contribution in [0.25, 0.3) is 0 Å². The first-order valence-corrected chi connectivity index (χ1v) is 5.31. The van der Waals surface area contributed by atoms with Crippen LogP contribution in [-0.2, 0) is 4.79 Å². The largest absolute Gasteiger partial charge is 0.488 e. The third kappa shape index (κ3) is 3.58. The van der Waals surface area contributed by atoms with E-state index in [2.05, 4.69) is 6.58 Å². The van der Waals surface area contributed by atoms with E-state index in [4.69, 9.17) is 10.0 Å². The standard InChI is InChI=1S/C11H10BF4NO3/c1-2-9(18)17-8-4-7(12(19)20)5(10(13)14)3-6(8)11(15)16/h2-4,10-11,19-20H,1H2,(H,17,18). The fourth-order valence-corrected chi connectivity index (χ4v) is 1.54. The zero-order chi connectivity index (χ0) is 15.4. The molecule has 3 N–H and O–H groups in total. The van der Waals surface area contributed by atoms with Gasteiger partial charge in [0.2, 0.25) is 5.91 Å². The SMILES string of the molecule is C=CC(=O)Nc1cc(B(O)O)c(C(F)F)cc1C(F)F. The van der Waals surface area contributed by atoms with Crippen LogP contribution in [0.3, 0.4) is 0 Å². The van der Waals surface area contributed by atoms with E-state index >= 15 is 0 Å². The Bertz CT molecular complexity index is 523. The normalized spacial score (nSPS) is 10.8. The summed E-state index contributed by atoms with van der Waals surface area (Å²) in [7, 11) is -2.29. The molecule has 0 aliphatic rings. The predicted octanol–water partition coefficient (Wildman–Crippen LogP) is 1.37. The van der Waals surface area contributed by atoms with Crippen molar-refractivity contribution in [2.75, 3.05) is 5.32 Å². The van der Waals surface area contributed by atoms with Crippen LogP contribution in [-0.4, -0.2) is 23.1 Å². The molecule has 0 unspecified atom stereocenters. The van der Waals surface area contributed by atoms with Gasteiger partial charge in [-0.25, -0.2) is 17.6 Å². The van der Waals surface area contributed by atoms with E-state index in [9.17, 15) is 22.4 Å². The van der Waals surface area contributed by atoms with Gasteiger partial charge in [-0.05, 0) is 23.7 Å². The second-order valence-electron chi connectivity index (χ2n) is 3.74. The molecule has 0 aromatic heterocycles. The zero-order valence-electron chi connectivity index (χ0n) is 9.99. The molecule has 9 heteroatoms. The average Bonchev–Trinajstić information content (AvgIpc) is 2.37. The van der Waals surface area contributed by atoms with Crippen molar-refractivity contribution in [2.24, 2.45) is 0 Å². The van der Waals surface area contributed by atoms with E-state index in [1.165, 1.54) is 0 Å². The van der Waals surface area contributed by atoms with Gasteiger partial charge in [-0.15, -0.1) is 0 Å². The Kier molecular flexibility index (Phi) is 5.29. The molecule has 0 bridgehead atoms. The molecule has 0 atom stereocenters. The summed E-state index contributed by atoms with van der Waals surface area (Å²) in [6, 6.07) is 1.11. The summed E-state index contributed by atoms with van der Waals surface area (Å²) in [5, 5.41) is 20.0. The van der Waals surface area contributed by atoms with Crippen molar-refractivity contribution in [3.05, 3.63) is 35.9 Å². The van der Waals surface area contributed by atoms with Crippen LogP contribution in [0.1, 0.15) is 24.0 Å². The van der Waals surface area contributed by atoms with E-state index in [0.717, 1.165) is 6.08 Å². The van der Waals surface area contributed by atoms with Crippen molar-refractivity contribution in [1.82, 2.24) is 0 Å². The summed E-state index contributed by atoms with van der Waals surface area (Å²) >= 11 is 0. The molecule has 108 valence electrons. The Balaban J connectivity index is 3.44. The number of hydrogen-bond acceptors (Lipinski definition) is 3. The lowest BCUT2D eigenvalue weighted by atomic mass is 9.76. The third-order valence-electron chi connectivity index (χ3n) is 2.45. The zero-order valence-corrected chi connectivity index (χ0v) is 9.99.